The minimum atomic E-state index is 1.15. The Kier molecular flexibility index (Phi) is 5.77. The predicted molar refractivity (Wildman–Crippen MR) is 224 cm³/mol. The van der Waals surface area contributed by atoms with Crippen molar-refractivity contribution in [3.63, 3.8) is 0 Å². The third kappa shape index (κ3) is 3.94. The fraction of sp³-hybridized carbons (Fsp3) is 0. The molecule has 0 atom stereocenters. The average molecular weight is 674 g/mol. The van der Waals surface area contributed by atoms with Crippen molar-refractivity contribution in [2.45, 2.75) is 0 Å². The molecule has 0 saturated carbocycles. The zero-order valence-corrected chi connectivity index (χ0v) is 28.7. The zero-order valence-electron chi connectivity index (χ0n) is 28.7. The van der Waals surface area contributed by atoms with Crippen molar-refractivity contribution in [1.82, 2.24) is 13.7 Å². The molecule has 9 aromatic carbocycles. The number of hydrogen-bond acceptors (Lipinski definition) is 0. The van der Waals surface area contributed by atoms with Gasteiger partial charge in [0, 0.05) is 43.7 Å². The first-order chi connectivity index (χ1) is 26.3. The molecule has 0 saturated heterocycles. The maximum absolute atomic E-state index is 2.46. The Labute approximate surface area is 304 Å². The molecule has 3 aromatic heterocycles. The van der Waals surface area contributed by atoms with Crippen molar-refractivity contribution >= 4 is 87.0 Å². The highest BCUT2D eigenvalue weighted by atomic mass is 15.0. The molecule has 3 heteroatoms. The molecule has 0 fully saturated rings. The van der Waals surface area contributed by atoms with Crippen molar-refractivity contribution < 1.29 is 0 Å². The number of fused-ring (bicyclic) bond motifs is 12. The second kappa shape index (κ2) is 10.7. The van der Waals surface area contributed by atoms with E-state index in [9.17, 15) is 0 Å². The smallest absolute Gasteiger partial charge is 0.0562 e. The fourth-order valence-corrected chi connectivity index (χ4v) is 9.15. The lowest BCUT2D eigenvalue weighted by Crippen LogP contribution is -1.97. The Bertz CT molecular complexity index is 3360. The molecule has 0 amide bonds. The molecule has 0 unspecified atom stereocenters. The van der Waals surface area contributed by atoms with Crippen LogP contribution in [0.5, 0.6) is 0 Å². The number of hydrogen-bond donors (Lipinski definition) is 0. The minimum absolute atomic E-state index is 1.15. The van der Waals surface area contributed by atoms with Crippen LogP contribution in [0.3, 0.4) is 0 Å². The van der Waals surface area contributed by atoms with Crippen molar-refractivity contribution in [2.75, 3.05) is 0 Å². The normalized spacial score (nSPS) is 12.2. The van der Waals surface area contributed by atoms with Crippen LogP contribution < -0.4 is 0 Å². The number of aromatic nitrogens is 3. The van der Waals surface area contributed by atoms with E-state index in [1.807, 2.05) is 0 Å². The van der Waals surface area contributed by atoms with E-state index in [1.54, 1.807) is 0 Å². The van der Waals surface area contributed by atoms with E-state index in [0.717, 1.165) is 5.69 Å². The molecule has 3 nitrogen and oxygen atoms in total. The lowest BCUT2D eigenvalue weighted by Gasteiger charge is -2.14. The van der Waals surface area contributed by atoms with Gasteiger partial charge in [-0.1, -0.05) is 121 Å². The minimum Gasteiger partial charge on any atom is -0.309 e. The standard InChI is InChI=1S/C50H31N3/c1-6-17-43-36(12-1)37-13-2-7-18-44(37)51(43)34-28-26-32-24-25-33-27-29-35(31-42(33)41(32)30-34)52-47-21-10-5-16-40(47)50-48(52)22-11-23-49(50)53-45-19-8-3-14-38(45)39-15-4-9-20-46(39)53/h1-31H. The molecule has 0 aliphatic carbocycles. The third-order valence-corrected chi connectivity index (χ3v) is 11.4. The second-order valence-corrected chi connectivity index (χ2v) is 14.1. The Balaban J connectivity index is 1.13. The van der Waals surface area contributed by atoms with Gasteiger partial charge in [0.15, 0.2) is 0 Å². The summed E-state index contributed by atoms with van der Waals surface area (Å²) < 4.78 is 7.32. The van der Waals surface area contributed by atoms with Gasteiger partial charge in [0.05, 0.1) is 38.8 Å². The van der Waals surface area contributed by atoms with Gasteiger partial charge in [-0.2, -0.15) is 0 Å². The van der Waals surface area contributed by atoms with Crippen molar-refractivity contribution in [2.24, 2.45) is 0 Å². The van der Waals surface area contributed by atoms with Crippen LogP contribution in [0.15, 0.2) is 188 Å². The van der Waals surface area contributed by atoms with Crippen LogP contribution in [0.1, 0.15) is 0 Å². The lowest BCUT2D eigenvalue weighted by atomic mass is 10.0. The zero-order chi connectivity index (χ0) is 34.6. The van der Waals surface area contributed by atoms with Gasteiger partial charge < -0.3 is 13.7 Å². The van der Waals surface area contributed by atoms with Crippen LogP contribution in [-0.4, -0.2) is 13.7 Å². The Morgan fingerprint density at radius 3 is 1.09 bits per heavy atom. The monoisotopic (exact) mass is 673 g/mol. The van der Waals surface area contributed by atoms with Gasteiger partial charge in [0.25, 0.3) is 0 Å². The molecular formula is C50H31N3. The predicted octanol–water partition coefficient (Wildman–Crippen LogP) is 13.3. The molecule has 0 bridgehead atoms. The van der Waals surface area contributed by atoms with Gasteiger partial charge in [-0.3, -0.25) is 0 Å². The fourth-order valence-electron chi connectivity index (χ4n) is 9.15. The number of nitrogens with zero attached hydrogens (tertiary/aromatic N) is 3. The van der Waals surface area contributed by atoms with Gasteiger partial charge in [0.2, 0.25) is 0 Å². The average Bonchev–Trinajstić information content (AvgIpc) is 3.86. The molecule has 0 radical (unpaired) electrons. The highest BCUT2D eigenvalue weighted by Gasteiger charge is 2.20. The Morgan fingerprint density at radius 1 is 0.245 bits per heavy atom. The molecule has 246 valence electrons. The molecule has 12 aromatic rings. The van der Waals surface area contributed by atoms with E-state index in [4.69, 9.17) is 0 Å². The van der Waals surface area contributed by atoms with Gasteiger partial charge in [-0.25, -0.2) is 0 Å². The largest absolute Gasteiger partial charge is 0.309 e. The van der Waals surface area contributed by atoms with E-state index in [-0.39, 0.29) is 0 Å². The quantitative estimate of drug-likeness (QED) is 0.166. The SMILES string of the molecule is c1ccc2c(c1)c1ccccc1n2-c1ccc2ccc3ccc(-n4c5ccccc5c5c(-n6c7ccccc7c7ccccc76)cccc54)cc3c2c1. The van der Waals surface area contributed by atoms with Gasteiger partial charge in [0.1, 0.15) is 0 Å². The van der Waals surface area contributed by atoms with Crippen LogP contribution >= 0.6 is 0 Å². The molecule has 0 spiro atoms. The van der Waals surface area contributed by atoms with Gasteiger partial charge in [-0.15, -0.1) is 0 Å². The maximum atomic E-state index is 2.46. The third-order valence-electron chi connectivity index (χ3n) is 11.4. The van der Waals surface area contributed by atoms with Gasteiger partial charge >= 0.3 is 0 Å². The van der Waals surface area contributed by atoms with Crippen LogP contribution in [-0.2, 0) is 0 Å². The van der Waals surface area contributed by atoms with Crippen molar-refractivity contribution in [3.8, 4) is 17.1 Å². The summed E-state index contributed by atoms with van der Waals surface area (Å²) in [5.74, 6) is 0. The molecule has 12 rings (SSSR count). The molecule has 3 heterocycles. The van der Waals surface area contributed by atoms with Gasteiger partial charge in [-0.05, 0) is 88.3 Å². The van der Waals surface area contributed by atoms with Crippen LogP contribution in [0, 0.1) is 0 Å². The maximum Gasteiger partial charge on any atom is 0.0562 e. The molecule has 53 heavy (non-hydrogen) atoms. The summed E-state index contributed by atoms with van der Waals surface area (Å²) in [5, 5.41) is 12.5. The van der Waals surface area contributed by atoms with Crippen LogP contribution in [0.2, 0.25) is 0 Å². The molecule has 0 aliphatic heterocycles. The van der Waals surface area contributed by atoms with E-state index in [2.05, 4.69) is 202 Å². The Hall–Kier alpha value is -7.10. The van der Waals surface area contributed by atoms with Crippen LogP contribution in [0.25, 0.3) is 104 Å². The Morgan fingerprint density at radius 2 is 0.604 bits per heavy atom. The summed E-state index contributed by atoms with van der Waals surface area (Å²) in [6, 6.07) is 69.0. The second-order valence-electron chi connectivity index (χ2n) is 14.1. The molecule has 0 aliphatic rings. The summed E-state index contributed by atoms with van der Waals surface area (Å²) in [4.78, 5) is 0. The van der Waals surface area contributed by atoms with Crippen LogP contribution in [0.4, 0.5) is 0 Å². The first-order valence-electron chi connectivity index (χ1n) is 18.3. The lowest BCUT2D eigenvalue weighted by molar-refractivity contribution is 1.17. The summed E-state index contributed by atoms with van der Waals surface area (Å²) in [7, 11) is 0. The van der Waals surface area contributed by atoms with E-state index < -0.39 is 0 Å². The topological polar surface area (TPSA) is 14.8 Å². The highest BCUT2D eigenvalue weighted by Crippen LogP contribution is 2.41. The number of para-hydroxylation sites is 5. The first kappa shape index (κ1) is 28.6. The highest BCUT2D eigenvalue weighted by molar-refractivity contribution is 6.17. The first-order valence-corrected chi connectivity index (χ1v) is 18.3. The van der Waals surface area contributed by atoms with E-state index >= 15 is 0 Å². The summed E-state index contributed by atoms with van der Waals surface area (Å²) >= 11 is 0. The summed E-state index contributed by atoms with van der Waals surface area (Å²) in [6.45, 7) is 0. The van der Waals surface area contributed by atoms with Crippen molar-refractivity contribution in [1.29, 1.82) is 0 Å². The van der Waals surface area contributed by atoms with Crippen molar-refractivity contribution in [3.05, 3.63) is 188 Å². The summed E-state index contributed by atoms with van der Waals surface area (Å²) in [5.41, 5.74) is 10.8. The summed E-state index contributed by atoms with van der Waals surface area (Å²) in [6.07, 6.45) is 0. The van der Waals surface area contributed by atoms with E-state index in [0.29, 0.717) is 0 Å². The van der Waals surface area contributed by atoms with E-state index in [1.165, 1.54) is 98.3 Å². The molecular weight excluding hydrogens is 643 g/mol. The number of benzene rings is 9. The number of rotatable bonds is 3. The molecule has 0 N–H and O–H groups in total.